The van der Waals surface area contributed by atoms with Crippen LogP contribution in [0.25, 0.3) is 0 Å². The SMILES string of the molecule is CN1CC(c2cc(=O)[nH]c(CO)n2)CC1=O. The summed E-state index contributed by atoms with van der Waals surface area (Å²) < 4.78 is 0. The van der Waals surface area contributed by atoms with Crippen LogP contribution in [0.1, 0.15) is 23.9 Å². The summed E-state index contributed by atoms with van der Waals surface area (Å²) in [7, 11) is 1.72. The second-order valence-electron chi connectivity index (χ2n) is 3.95. The van der Waals surface area contributed by atoms with Crippen molar-refractivity contribution in [3.8, 4) is 0 Å². The summed E-state index contributed by atoms with van der Waals surface area (Å²) in [5.74, 6) is 0.243. The number of nitrogens with one attached hydrogen (secondary N) is 1. The molecule has 1 aromatic rings. The average Bonchev–Trinajstić information content (AvgIpc) is 2.58. The molecule has 0 radical (unpaired) electrons. The molecule has 1 aromatic heterocycles. The van der Waals surface area contributed by atoms with Gasteiger partial charge in [0.1, 0.15) is 12.4 Å². The molecule has 1 aliphatic rings. The topological polar surface area (TPSA) is 86.3 Å². The standard InChI is InChI=1S/C10H13N3O3/c1-13-4-6(2-10(13)16)7-3-9(15)12-8(5-14)11-7/h3,6,14H,2,4-5H2,1H3,(H,11,12,15). The van der Waals surface area contributed by atoms with Crippen molar-refractivity contribution in [1.29, 1.82) is 0 Å². The molecule has 1 unspecified atom stereocenters. The third-order valence-corrected chi connectivity index (χ3v) is 2.72. The van der Waals surface area contributed by atoms with E-state index >= 15 is 0 Å². The van der Waals surface area contributed by atoms with E-state index in [1.807, 2.05) is 0 Å². The Morgan fingerprint density at radius 1 is 1.62 bits per heavy atom. The van der Waals surface area contributed by atoms with E-state index in [1.54, 1.807) is 11.9 Å². The van der Waals surface area contributed by atoms with Crippen LogP contribution >= 0.6 is 0 Å². The van der Waals surface area contributed by atoms with Crippen molar-refractivity contribution >= 4 is 5.91 Å². The summed E-state index contributed by atoms with van der Waals surface area (Å²) >= 11 is 0. The molecule has 2 N–H and O–H groups in total. The molecule has 86 valence electrons. The number of aromatic amines is 1. The van der Waals surface area contributed by atoms with Gasteiger partial charge < -0.3 is 15.0 Å². The number of hydrogen-bond acceptors (Lipinski definition) is 4. The van der Waals surface area contributed by atoms with Gasteiger partial charge in [-0.25, -0.2) is 4.98 Å². The van der Waals surface area contributed by atoms with Crippen LogP contribution in [-0.2, 0) is 11.4 Å². The van der Waals surface area contributed by atoms with Crippen molar-refractivity contribution in [2.75, 3.05) is 13.6 Å². The van der Waals surface area contributed by atoms with Crippen molar-refractivity contribution < 1.29 is 9.90 Å². The Morgan fingerprint density at radius 3 is 2.94 bits per heavy atom. The number of carbonyl (C=O) groups excluding carboxylic acids is 1. The van der Waals surface area contributed by atoms with E-state index in [-0.39, 0.29) is 29.8 Å². The lowest BCUT2D eigenvalue weighted by atomic mass is 10.0. The highest BCUT2D eigenvalue weighted by Gasteiger charge is 2.29. The number of likely N-dealkylation sites (tertiary alicyclic amines) is 1. The van der Waals surface area contributed by atoms with Gasteiger partial charge in [0, 0.05) is 32.0 Å². The predicted octanol–water partition coefficient (Wildman–Crippen LogP) is -0.792. The van der Waals surface area contributed by atoms with Gasteiger partial charge in [-0.15, -0.1) is 0 Å². The highest BCUT2D eigenvalue weighted by molar-refractivity contribution is 5.79. The van der Waals surface area contributed by atoms with E-state index in [9.17, 15) is 9.59 Å². The fourth-order valence-corrected chi connectivity index (χ4v) is 1.87. The Morgan fingerprint density at radius 2 is 2.38 bits per heavy atom. The molecule has 6 nitrogen and oxygen atoms in total. The molecule has 2 heterocycles. The van der Waals surface area contributed by atoms with E-state index in [2.05, 4.69) is 9.97 Å². The minimum absolute atomic E-state index is 0.0508. The molecule has 1 saturated heterocycles. The first-order valence-corrected chi connectivity index (χ1v) is 5.05. The van der Waals surface area contributed by atoms with Crippen LogP contribution in [0, 0.1) is 0 Å². The summed E-state index contributed by atoms with van der Waals surface area (Å²) in [6.45, 7) is 0.264. The second kappa shape index (κ2) is 4.05. The number of aromatic nitrogens is 2. The molecule has 0 spiro atoms. The smallest absolute Gasteiger partial charge is 0.251 e. The van der Waals surface area contributed by atoms with Crippen LogP contribution < -0.4 is 5.56 Å². The van der Waals surface area contributed by atoms with Crippen LogP contribution in [0.5, 0.6) is 0 Å². The summed E-state index contributed by atoms with van der Waals surface area (Å²) in [5, 5.41) is 8.92. The first-order chi connectivity index (χ1) is 7.60. The Bertz CT molecular complexity index is 469. The van der Waals surface area contributed by atoms with Crippen LogP contribution in [0.2, 0.25) is 0 Å². The molecule has 1 aliphatic heterocycles. The lowest BCUT2D eigenvalue weighted by molar-refractivity contribution is -0.126. The molecular weight excluding hydrogens is 210 g/mol. The lowest BCUT2D eigenvalue weighted by Gasteiger charge is -2.09. The van der Waals surface area contributed by atoms with E-state index in [0.717, 1.165) is 0 Å². The van der Waals surface area contributed by atoms with Gasteiger partial charge in [-0.3, -0.25) is 9.59 Å². The number of likely N-dealkylation sites (N-methyl/N-ethyl adjacent to an activating group) is 1. The van der Waals surface area contributed by atoms with E-state index < -0.39 is 0 Å². The molecule has 0 saturated carbocycles. The van der Waals surface area contributed by atoms with Crippen molar-refractivity contribution in [2.24, 2.45) is 0 Å². The highest BCUT2D eigenvalue weighted by atomic mass is 16.3. The molecule has 0 bridgehead atoms. The van der Waals surface area contributed by atoms with Crippen LogP contribution in [-0.4, -0.2) is 39.5 Å². The van der Waals surface area contributed by atoms with Crippen molar-refractivity contribution in [2.45, 2.75) is 18.9 Å². The molecule has 6 heteroatoms. The third-order valence-electron chi connectivity index (χ3n) is 2.72. The molecule has 1 fully saturated rings. The largest absolute Gasteiger partial charge is 0.388 e. The fraction of sp³-hybridized carbons (Fsp3) is 0.500. The van der Waals surface area contributed by atoms with Gasteiger partial charge in [0.25, 0.3) is 5.56 Å². The van der Waals surface area contributed by atoms with Gasteiger partial charge >= 0.3 is 0 Å². The first kappa shape index (κ1) is 10.8. The van der Waals surface area contributed by atoms with Gasteiger partial charge in [0.2, 0.25) is 5.91 Å². The van der Waals surface area contributed by atoms with Gasteiger partial charge in [-0.1, -0.05) is 0 Å². The summed E-state index contributed by atoms with van der Waals surface area (Å²) in [6.07, 6.45) is 0.373. The van der Waals surface area contributed by atoms with E-state index in [0.29, 0.717) is 18.7 Å². The van der Waals surface area contributed by atoms with Crippen LogP contribution in [0.15, 0.2) is 10.9 Å². The normalized spacial score (nSPS) is 20.5. The minimum atomic E-state index is -0.306. The van der Waals surface area contributed by atoms with Crippen LogP contribution in [0.3, 0.4) is 0 Å². The maximum Gasteiger partial charge on any atom is 0.251 e. The maximum absolute atomic E-state index is 11.4. The van der Waals surface area contributed by atoms with Gasteiger partial charge in [0.05, 0.1) is 5.69 Å². The number of hydrogen-bond donors (Lipinski definition) is 2. The number of carbonyl (C=O) groups is 1. The number of aliphatic hydroxyl groups is 1. The third kappa shape index (κ3) is 1.96. The summed E-state index contributed by atoms with van der Waals surface area (Å²) in [6, 6.07) is 1.39. The van der Waals surface area contributed by atoms with Crippen molar-refractivity contribution in [1.82, 2.24) is 14.9 Å². The lowest BCUT2D eigenvalue weighted by Crippen LogP contribution is -2.19. The number of nitrogens with zero attached hydrogens (tertiary/aromatic N) is 2. The van der Waals surface area contributed by atoms with Crippen molar-refractivity contribution in [3.05, 3.63) is 27.9 Å². The number of amides is 1. The van der Waals surface area contributed by atoms with Gasteiger partial charge in [-0.05, 0) is 0 Å². The Balaban J connectivity index is 2.31. The molecule has 0 aliphatic carbocycles. The highest BCUT2D eigenvalue weighted by Crippen LogP contribution is 2.24. The first-order valence-electron chi connectivity index (χ1n) is 5.05. The van der Waals surface area contributed by atoms with Gasteiger partial charge in [0.15, 0.2) is 0 Å². The summed E-state index contributed by atoms with van der Waals surface area (Å²) in [4.78, 5) is 30.8. The zero-order valence-electron chi connectivity index (χ0n) is 8.93. The fourth-order valence-electron chi connectivity index (χ4n) is 1.87. The maximum atomic E-state index is 11.4. The van der Waals surface area contributed by atoms with Crippen molar-refractivity contribution in [3.63, 3.8) is 0 Å². The number of H-pyrrole nitrogens is 1. The average molecular weight is 223 g/mol. The number of aliphatic hydroxyl groups excluding tert-OH is 1. The zero-order chi connectivity index (χ0) is 11.7. The zero-order valence-corrected chi connectivity index (χ0v) is 8.93. The Hall–Kier alpha value is -1.69. The second-order valence-corrected chi connectivity index (χ2v) is 3.95. The van der Waals surface area contributed by atoms with Gasteiger partial charge in [-0.2, -0.15) is 0 Å². The van der Waals surface area contributed by atoms with Crippen LogP contribution in [0.4, 0.5) is 0 Å². The molecular formula is C10H13N3O3. The predicted molar refractivity (Wildman–Crippen MR) is 55.8 cm³/mol. The summed E-state index contributed by atoms with van der Waals surface area (Å²) in [5.41, 5.74) is 0.279. The Kier molecular flexibility index (Phi) is 2.74. The minimum Gasteiger partial charge on any atom is -0.388 e. The molecule has 0 aromatic carbocycles. The monoisotopic (exact) mass is 223 g/mol. The molecule has 1 amide bonds. The Labute approximate surface area is 91.9 Å². The van der Waals surface area contributed by atoms with E-state index in [4.69, 9.17) is 5.11 Å². The quantitative estimate of drug-likeness (QED) is 0.687. The van der Waals surface area contributed by atoms with E-state index in [1.165, 1.54) is 6.07 Å². The molecule has 16 heavy (non-hydrogen) atoms. The molecule has 2 rings (SSSR count). The molecule has 1 atom stereocenters. The number of rotatable bonds is 2.